The van der Waals surface area contributed by atoms with Crippen molar-refractivity contribution < 1.29 is 8.42 Å². The molecule has 3 aromatic rings. The second-order valence-electron chi connectivity index (χ2n) is 8.70. The van der Waals surface area contributed by atoms with Gasteiger partial charge in [0.15, 0.2) is 0 Å². The fraction of sp³-hybridized carbons (Fsp3) is 0.269. The minimum Gasteiger partial charge on any atom is -0.299 e. The maximum Gasteiger partial charge on any atom is 0.322 e. The van der Waals surface area contributed by atoms with Crippen LogP contribution in [0.15, 0.2) is 89.6 Å². The molecule has 0 aliphatic carbocycles. The first kappa shape index (κ1) is 21.7. The Kier molecular flexibility index (Phi) is 6.15. The van der Waals surface area contributed by atoms with Crippen molar-refractivity contribution in [3.63, 3.8) is 0 Å². The highest BCUT2D eigenvalue weighted by Gasteiger charge is 2.23. The molecule has 0 radical (unpaired) electrons. The van der Waals surface area contributed by atoms with Crippen molar-refractivity contribution in [1.82, 2.24) is 14.3 Å². The molecule has 0 aromatic heterocycles. The highest BCUT2D eigenvalue weighted by Crippen LogP contribution is 2.22. The lowest BCUT2D eigenvalue weighted by Gasteiger charge is -2.30. The molecule has 0 atom stereocenters. The number of amidine groups is 1. The Bertz CT molecular complexity index is 1290. The average molecular weight is 461 g/mol. The number of hydrogen-bond acceptors (Lipinski definition) is 4. The Hall–Kier alpha value is -3.16. The highest BCUT2D eigenvalue weighted by atomic mass is 32.2. The summed E-state index contributed by atoms with van der Waals surface area (Å²) in [5.74, 6) is 0.422. The number of nitrogens with one attached hydrogen (secondary N) is 2. The van der Waals surface area contributed by atoms with Gasteiger partial charge in [-0.25, -0.2) is 0 Å². The predicted molar refractivity (Wildman–Crippen MR) is 133 cm³/mol. The third-order valence-corrected chi connectivity index (χ3v) is 7.21. The predicted octanol–water partition coefficient (Wildman–Crippen LogP) is 3.77. The van der Waals surface area contributed by atoms with Crippen LogP contribution in [0.2, 0.25) is 0 Å². The molecule has 2 heterocycles. The van der Waals surface area contributed by atoms with Crippen molar-refractivity contribution in [1.29, 1.82) is 0 Å². The number of fused-ring (bicyclic) bond motifs is 1. The molecule has 0 unspecified atom stereocenters. The summed E-state index contributed by atoms with van der Waals surface area (Å²) in [5.41, 5.74) is 3.03. The largest absolute Gasteiger partial charge is 0.322 e. The molecule has 33 heavy (non-hydrogen) atoms. The number of aliphatic imine (C=N–C) groups is 1. The molecule has 1 saturated heterocycles. The smallest absolute Gasteiger partial charge is 0.299 e. The van der Waals surface area contributed by atoms with Crippen LogP contribution in [-0.2, 0) is 23.2 Å². The van der Waals surface area contributed by atoms with Gasteiger partial charge in [0.1, 0.15) is 5.84 Å². The standard InChI is InChI=1S/C26H28N4O2S/c31-33(32)28-24(17-22-11-6-10-21-9-4-5-12-25(21)22)18-26(29-33)27-23-13-15-30(16-14-23)19-20-7-2-1-3-8-20/h1-12,18,23,28H,13-17,19H2,(H,27,29). The fourth-order valence-corrected chi connectivity index (χ4v) is 5.52. The van der Waals surface area contributed by atoms with E-state index in [1.54, 1.807) is 0 Å². The van der Waals surface area contributed by atoms with Gasteiger partial charge in [0, 0.05) is 37.8 Å². The zero-order chi connectivity index (χ0) is 22.7. The number of piperidine rings is 1. The number of likely N-dealkylation sites (tertiary alicyclic amines) is 1. The third-order valence-electron chi connectivity index (χ3n) is 6.20. The third kappa shape index (κ3) is 5.43. The van der Waals surface area contributed by atoms with E-state index < -0.39 is 10.2 Å². The first-order chi connectivity index (χ1) is 16.0. The Morgan fingerprint density at radius 3 is 2.42 bits per heavy atom. The van der Waals surface area contributed by atoms with Crippen LogP contribution in [0.1, 0.15) is 24.0 Å². The van der Waals surface area contributed by atoms with E-state index in [1.807, 2.05) is 36.4 Å². The lowest BCUT2D eigenvalue weighted by Crippen LogP contribution is -2.45. The summed E-state index contributed by atoms with van der Waals surface area (Å²) >= 11 is 0. The topological polar surface area (TPSA) is 73.8 Å². The lowest BCUT2D eigenvalue weighted by molar-refractivity contribution is 0.206. The van der Waals surface area contributed by atoms with E-state index in [1.165, 1.54) is 5.56 Å². The average Bonchev–Trinajstić information content (AvgIpc) is 2.80. The lowest BCUT2D eigenvalue weighted by atomic mass is 10.0. The van der Waals surface area contributed by atoms with Crippen LogP contribution < -0.4 is 9.44 Å². The summed E-state index contributed by atoms with van der Waals surface area (Å²) in [5, 5.41) is 2.27. The summed E-state index contributed by atoms with van der Waals surface area (Å²) in [7, 11) is -3.67. The molecular formula is C26H28N4O2S. The van der Waals surface area contributed by atoms with Crippen LogP contribution in [0, 0.1) is 0 Å². The molecular weight excluding hydrogens is 432 g/mol. The summed E-state index contributed by atoms with van der Waals surface area (Å²) in [4.78, 5) is 7.20. The molecule has 0 bridgehead atoms. The molecule has 2 aliphatic rings. The molecule has 7 heteroatoms. The summed E-state index contributed by atoms with van der Waals surface area (Å²) < 4.78 is 30.1. The number of nitrogens with zero attached hydrogens (tertiary/aromatic N) is 2. The monoisotopic (exact) mass is 460 g/mol. The Morgan fingerprint density at radius 2 is 1.61 bits per heavy atom. The van der Waals surface area contributed by atoms with E-state index in [0.29, 0.717) is 18.0 Å². The van der Waals surface area contributed by atoms with E-state index in [0.717, 1.165) is 48.8 Å². The number of allylic oxidation sites excluding steroid dienone is 1. The first-order valence-corrected chi connectivity index (χ1v) is 12.8. The van der Waals surface area contributed by atoms with Gasteiger partial charge in [-0.15, -0.1) is 0 Å². The molecule has 0 saturated carbocycles. The van der Waals surface area contributed by atoms with Gasteiger partial charge < -0.3 is 0 Å². The fourth-order valence-electron chi connectivity index (χ4n) is 4.61. The van der Waals surface area contributed by atoms with Crippen LogP contribution in [0.4, 0.5) is 0 Å². The van der Waals surface area contributed by atoms with Crippen LogP contribution in [-0.4, -0.2) is 38.3 Å². The van der Waals surface area contributed by atoms with Crippen LogP contribution in [0.25, 0.3) is 10.8 Å². The van der Waals surface area contributed by atoms with Gasteiger partial charge >= 0.3 is 10.2 Å². The van der Waals surface area contributed by atoms with Crippen molar-refractivity contribution in [2.75, 3.05) is 13.1 Å². The van der Waals surface area contributed by atoms with Crippen molar-refractivity contribution >= 4 is 26.8 Å². The van der Waals surface area contributed by atoms with E-state index in [2.05, 4.69) is 56.8 Å². The molecule has 1 fully saturated rings. The molecule has 0 spiro atoms. The quantitative estimate of drug-likeness (QED) is 0.609. The van der Waals surface area contributed by atoms with Crippen LogP contribution in [0.5, 0.6) is 0 Å². The molecule has 2 N–H and O–H groups in total. The van der Waals surface area contributed by atoms with Gasteiger partial charge in [0.05, 0.1) is 6.04 Å². The molecule has 2 aliphatic heterocycles. The van der Waals surface area contributed by atoms with Crippen molar-refractivity contribution in [2.45, 2.75) is 31.8 Å². The normalized spacial score (nSPS) is 20.2. The molecule has 170 valence electrons. The second kappa shape index (κ2) is 9.37. The highest BCUT2D eigenvalue weighted by molar-refractivity contribution is 7.88. The van der Waals surface area contributed by atoms with Crippen molar-refractivity contribution in [3.8, 4) is 0 Å². The van der Waals surface area contributed by atoms with Crippen LogP contribution in [0.3, 0.4) is 0 Å². The zero-order valence-corrected chi connectivity index (χ0v) is 19.3. The van der Waals surface area contributed by atoms with Gasteiger partial charge in [0.2, 0.25) is 0 Å². The van der Waals surface area contributed by atoms with Gasteiger partial charge in [0.25, 0.3) is 0 Å². The van der Waals surface area contributed by atoms with E-state index >= 15 is 0 Å². The van der Waals surface area contributed by atoms with Gasteiger partial charge in [-0.1, -0.05) is 72.8 Å². The SMILES string of the molecule is O=S1(=O)NC(Cc2cccc3ccccc23)=CC(=NC2CCN(Cc3ccccc3)CC2)N1. The second-order valence-corrected chi connectivity index (χ2v) is 10.1. The molecule has 3 aromatic carbocycles. The number of hydrogen-bond donors (Lipinski definition) is 2. The minimum atomic E-state index is -3.67. The number of benzene rings is 3. The Labute approximate surface area is 195 Å². The maximum atomic E-state index is 12.5. The molecule has 0 amide bonds. The maximum absolute atomic E-state index is 12.5. The number of rotatable bonds is 5. The minimum absolute atomic E-state index is 0.114. The molecule has 5 rings (SSSR count). The van der Waals surface area contributed by atoms with Crippen molar-refractivity contribution in [2.24, 2.45) is 4.99 Å². The van der Waals surface area contributed by atoms with Crippen molar-refractivity contribution in [3.05, 3.63) is 95.7 Å². The van der Waals surface area contributed by atoms with Gasteiger partial charge in [-0.2, -0.15) is 8.42 Å². The Balaban J connectivity index is 1.29. The van der Waals surface area contributed by atoms with E-state index in [9.17, 15) is 8.42 Å². The molecule has 6 nitrogen and oxygen atoms in total. The summed E-state index contributed by atoms with van der Waals surface area (Å²) in [6, 6.07) is 24.8. The summed E-state index contributed by atoms with van der Waals surface area (Å²) in [6.07, 6.45) is 4.16. The van der Waals surface area contributed by atoms with Gasteiger partial charge in [-0.3, -0.25) is 19.3 Å². The Morgan fingerprint density at radius 1 is 0.879 bits per heavy atom. The van der Waals surface area contributed by atoms with E-state index in [4.69, 9.17) is 4.99 Å². The van der Waals surface area contributed by atoms with Crippen LogP contribution >= 0.6 is 0 Å². The zero-order valence-electron chi connectivity index (χ0n) is 18.4. The van der Waals surface area contributed by atoms with Gasteiger partial charge in [-0.05, 0) is 34.7 Å². The van der Waals surface area contributed by atoms with E-state index in [-0.39, 0.29) is 6.04 Å². The first-order valence-electron chi connectivity index (χ1n) is 11.4. The summed E-state index contributed by atoms with van der Waals surface area (Å²) in [6.45, 7) is 2.84.